The molecule has 0 unspecified atom stereocenters. The van der Waals surface area contributed by atoms with Crippen molar-refractivity contribution < 1.29 is 13.5 Å². The number of hydrogen-bond donors (Lipinski definition) is 1. The lowest BCUT2D eigenvalue weighted by Gasteiger charge is -2.18. The van der Waals surface area contributed by atoms with Crippen LogP contribution in [-0.4, -0.2) is 31.7 Å². The van der Waals surface area contributed by atoms with Crippen LogP contribution in [0.4, 0.5) is 8.78 Å². The van der Waals surface area contributed by atoms with E-state index in [1.807, 2.05) is 27.7 Å². The number of nitrogens with one attached hydrogen (secondary N) is 1. The van der Waals surface area contributed by atoms with Gasteiger partial charge in [-0.1, -0.05) is 27.7 Å². The van der Waals surface area contributed by atoms with Crippen LogP contribution in [-0.2, 0) is 4.74 Å². The molecule has 0 bridgehead atoms. The Labute approximate surface area is 97.7 Å². The van der Waals surface area contributed by atoms with Crippen LogP contribution in [0.3, 0.4) is 0 Å². The van der Waals surface area contributed by atoms with Gasteiger partial charge in [0.05, 0.1) is 6.61 Å². The van der Waals surface area contributed by atoms with Crippen molar-refractivity contribution in [2.24, 2.45) is 5.92 Å². The molecule has 0 amide bonds. The Morgan fingerprint density at radius 2 is 1.75 bits per heavy atom. The van der Waals surface area contributed by atoms with Gasteiger partial charge in [-0.15, -0.1) is 0 Å². The molecule has 0 aliphatic rings. The molecule has 0 spiro atoms. The van der Waals surface area contributed by atoms with Gasteiger partial charge in [0.1, 0.15) is 0 Å². The Balaban J connectivity index is 3.53. The molecular weight excluding hydrogens is 212 g/mol. The Hall–Kier alpha value is -0.220. The third kappa shape index (κ3) is 10.3. The van der Waals surface area contributed by atoms with E-state index in [2.05, 4.69) is 5.32 Å². The zero-order valence-corrected chi connectivity index (χ0v) is 10.9. The predicted octanol–water partition coefficient (Wildman–Crippen LogP) is 3.07. The summed E-state index contributed by atoms with van der Waals surface area (Å²) in [6.07, 6.45) is -0.296. The van der Waals surface area contributed by atoms with Crippen molar-refractivity contribution in [2.75, 3.05) is 19.8 Å². The molecule has 0 rings (SSSR count). The Bertz CT molecular complexity index is 172. The zero-order chi connectivity index (χ0) is 12.6. The Kier molecular flexibility index (Phi) is 7.85. The van der Waals surface area contributed by atoms with Gasteiger partial charge in [-0.05, 0) is 5.92 Å². The number of rotatable bonds is 9. The summed E-state index contributed by atoms with van der Waals surface area (Å²) in [5, 5.41) is 2.99. The van der Waals surface area contributed by atoms with Crippen LogP contribution in [0.2, 0.25) is 0 Å². The number of alkyl halides is 2. The lowest BCUT2D eigenvalue weighted by Crippen LogP contribution is -2.30. The average Bonchev–Trinajstić information content (AvgIpc) is 2.11. The maximum absolute atomic E-state index is 13.3. The molecule has 0 saturated heterocycles. The smallest absolute Gasteiger partial charge is 0.251 e. The highest BCUT2D eigenvalue weighted by Crippen LogP contribution is 2.22. The molecular formula is C12H25F2NO. The van der Waals surface area contributed by atoms with Crippen LogP contribution in [0.5, 0.6) is 0 Å². The molecule has 1 N–H and O–H groups in total. The van der Waals surface area contributed by atoms with E-state index in [1.165, 1.54) is 0 Å². The average molecular weight is 237 g/mol. The highest BCUT2D eigenvalue weighted by molar-refractivity contribution is 4.68. The fraction of sp³-hybridized carbons (Fsp3) is 1.00. The van der Waals surface area contributed by atoms with E-state index in [9.17, 15) is 8.78 Å². The van der Waals surface area contributed by atoms with Gasteiger partial charge < -0.3 is 10.1 Å². The summed E-state index contributed by atoms with van der Waals surface area (Å²) in [6.45, 7) is 8.96. The molecule has 98 valence electrons. The van der Waals surface area contributed by atoms with E-state index in [-0.39, 0.29) is 25.5 Å². The summed E-state index contributed by atoms with van der Waals surface area (Å²) in [5.74, 6) is -2.21. The topological polar surface area (TPSA) is 21.3 Å². The molecule has 16 heavy (non-hydrogen) atoms. The van der Waals surface area contributed by atoms with Crippen LogP contribution in [0.15, 0.2) is 0 Å². The first kappa shape index (κ1) is 15.8. The molecule has 4 heteroatoms. The standard InChI is InChI=1S/C12H25F2NO/c1-10(2)9-16-8-6-12(13,14)5-7-15-11(3)4/h10-11,15H,5-9H2,1-4H3. The second-order valence-corrected chi connectivity index (χ2v) is 4.93. The van der Waals surface area contributed by atoms with Gasteiger partial charge in [0.2, 0.25) is 0 Å². The monoisotopic (exact) mass is 237 g/mol. The molecule has 0 aromatic carbocycles. The lowest BCUT2D eigenvalue weighted by molar-refractivity contribution is -0.0418. The van der Waals surface area contributed by atoms with Crippen molar-refractivity contribution in [3.8, 4) is 0 Å². The van der Waals surface area contributed by atoms with E-state index in [0.29, 0.717) is 19.1 Å². The largest absolute Gasteiger partial charge is 0.381 e. The summed E-state index contributed by atoms with van der Waals surface area (Å²) >= 11 is 0. The predicted molar refractivity (Wildman–Crippen MR) is 63.0 cm³/mol. The van der Waals surface area contributed by atoms with Gasteiger partial charge in [-0.2, -0.15) is 0 Å². The minimum Gasteiger partial charge on any atom is -0.381 e. The highest BCUT2D eigenvalue weighted by atomic mass is 19.3. The molecule has 2 nitrogen and oxygen atoms in total. The lowest BCUT2D eigenvalue weighted by atomic mass is 10.1. The molecule has 0 atom stereocenters. The van der Waals surface area contributed by atoms with E-state index in [4.69, 9.17) is 4.74 Å². The molecule has 0 aliphatic heterocycles. The van der Waals surface area contributed by atoms with E-state index >= 15 is 0 Å². The molecule has 0 aromatic heterocycles. The fourth-order valence-electron chi connectivity index (χ4n) is 1.21. The van der Waals surface area contributed by atoms with Gasteiger partial charge in [0.25, 0.3) is 5.92 Å². The molecule has 0 fully saturated rings. The zero-order valence-electron chi connectivity index (χ0n) is 10.9. The first-order chi connectivity index (χ1) is 7.33. The van der Waals surface area contributed by atoms with Crippen LogP contribution < -0.4 is 5.32 Å². The van der Waals surface area contributed by atoms with Crippen molar-refractivity contribution in [3.63, 3.8) is 0 Å². The third-order valence-electron chi connectivity index (χ3n) is 2.11. The maximum Gasteiger partial charge on any atom is 0.251 e. The van der Waals surface area contributed by atoms with Crippen molar-refractivity contribution in [2.45, 2.75) is 52.5 Å². The summed E-state index contributed by atoms with van der Waals surface area (Å²) < 4.78 is 31.7. The van der Waals surface area contributed by atoms with Gasteiger partial charge in [0, 0.05) is 32.0 Å². The van der Waals surface area contributed by atoms with E-state index in [0.717, 1.165) is 0 Å². The van der Waals surface area contributed by atoms with Crippen molar-refractivity contribution in [3.05, 3.63) is 0 Å². The van der Waals surface area contributed by atoms with Gasteiger partial charge in [-0.25, -0.2) is 8.78 Å². The minimum atomic E-state index is -2.61. The summed E-state index contributed by atoms with van der Waals surface area (Å²) in [7, 11) is 0. The van der Waals surface area contributed by atoms with Gasteiger partial charge >= 0.3 is 0 Å². The number of hydrogen-bond acceptors (Lipinski definition) is 2. The quantitative estimate of drug-likeness (QED) is 0.622. The van der Waals surface area contributed by atoms with E-state index in [1.54, 1.807) is 0 Å². The molecule has 0 heterocycles. The normalized spacial score (nSPS) is 12.8. The first-order valence-corrected chi connectivity index (χ1v) is 6.02. The first-order valence-electron chi connectivity index (χ1n) is 6.02. The summed E-state index contributed by atoms with van der Waals surface area (Å²) in [6, 6.07) is 0.257. The van der Waals surface area contributed by atoms with Crippen molar-refractivity contribution in [1.29, 1.82) is 0 Å². The van der Waals surface area contributed by atoms with Crippen LogP contribution in [0.1, 0.15) is 40.5 Å². The third-order valence-corrected chi connectivity index (χ3v) is 2.11. The molecule has 0 saturated carbocycles. The second kappa shape index (κ2) is 7.96. The SMILES string of the molecule is CC(C)COCCC(F)(F)CCNC(C)C. The maximum atomic E-state index is 13.3. The van der Waals surface area contributed by atoms with Crippen LogP contribution in [0.25, 0.3) is 0 Å². The van der Waals surface area contributed by atoms with Gasteiger partial charge in [0.15, 0.2) is 0 Å². The number of ether oxygens (including phenoxy) is 1. The second-order valence-electron chi connectivity index (χ2n) is 4.93. The van der Waals surface area contributed by atoms with Crippen molar-refractivity contribution in [1.82, 2.24) is 5.32 Å². The molecule has 0 aromatic rings. The van der Waals surface area contributed by atoms with Gasteiger partial charge in [-0.3, -0.25) is 0 Å². The molecule has 0 radical (unpaired) electrons. The summed E-state index contributed by atoms with van der Waals surface area (Å²) in [4.78, 5) is 0. The van der Waals surface area contributed by atoms with Crippen LogP contribution in [0, 0.1) is 5.92 Å². The van der Waals surface area contributed by atoms with Crippen molar-refractivity contribution >= 4 is 0 Å². The summed E-state index contributed by atoms with van der Waals surface area (Å²) in [5.41, 5.74) is 0. The minimum absolute atomic E-state index is 0.115. The molecule has 0 aliphatic carbocycles. The van der Waals surface area contributed by atoms with E-state index < -0.39 is 5.92 Å². The van der Waals surface area contributed by atoms with Crippen LogP contribution >= 0.6 is 0 Å². The fourth-order valence-corrected chi connectivity index (χ4v) is 1.21. The number of halogens is 2. The Morgan fingerprint density at radius 3 is 2.25 bits per heavy atom. The highest BCUT2D eigenvalue weighted by Gasteiger charge is 2.27. The Morgan fingerprint density at radius 1 is 1.12 bits per heavy atom.